The molecule has 1 fully saturated rings. The predicted molar refractivity (Wildman–Crippen MR) is 103 cm³/mol. The Kier molecular flexibility index (Phi) is 6.49. The number of hydrogen-bond acceptors (Lipinski definition) is 7. The number of carbonyl (C=O) groups excluding carboxylic acids is 1. The lowest BCUT2D eigenvalue weighted by Crippen LogP contribution is -2.67. The second-order valence-electron chi connectivity index (χ2n) is 7.10. The first-order valence-corrected chi connectivity index (χ1v) is 9.84. The smallest absolute Gasteiger partial charge is 0.294 e. The lowest BCUT2D eigenvalue weighted by Gasteiger charge is -2.49. The minimum absolute atomic E-state index is 0.00235. The molecule has 0 saturated heterocycles. The van der Waals surface area contributed by atoms with Crippen LogP contribution in [0.3, 0.4) is 0 Å². The van der Waals surface area contributed by atoms with E-state index >= 15 is 0 Å². The Labute approximate surface area is 168 Å². The quantitative estimate of drug-likeness (QED) is 0.367. The second-order valence-corrected chi connectivity index (χ2v) is 7.10. The zero-order valence-electron chi connectivity index (χ0n) is 16.6. The highest BCUT2D eigenvalue weighted by molar-refractivity contribution is 5.81. The van der Waals surface area contributed by atoms with Gasteiger partial charge in [0.2, 0.25) is 5.79 Å². The highest BCUT2D eigenvalue weighted by Crippen LogP contribution is 2.44. The van der Waals surface area contributed by atoms with Gasteiger partial charge in [-0.2, -0.15) is 0 Å². The molecule has 2 atom stereocenters. The molecule has 8 nitrogen and oxygen atoms in total. The Hall–Kier alpha value is -2.52. The number of Topliss-reactive ketones (excluding diaryl/α,β-unsaturated/α-hetero) is 1. The van der Waals surface area contributed by atoms with Crippen LogP contribution in [-0.4, -0.2) is 42.3 Å². The van der Waals surface area contributed by atoms with Crippen molar-refractivity contribution in [2.75, 3.05) is 19.8 Å². The van der Waals surface area contributed by atoms with Gasteiger partial charge in [-0.25, -0.2) is 4.39 Å². The van der Waals surface area contributed by atoms with Gasteiger partial charge in [-0.15, -0.1) is 0 Å². The molecule has 2 aliphatic rings. The summed E-state index contributed by atoms with van der Waals surface area (Å²) in [7, 11) is 0. The fraction of sp³-hybridized carbons (Fsp3) is 0.550. The maximum absolute atomic E-state index is 13.0. The predicted octanol–water partition coefficient (Wildman–Crippen LogP) is 2.12. The third-order valence-electron chi connectivity index (χ3n) is 5.31. The number of fused-ring (bicyclic) bond motifs is 2. The standard InChI is InChI=1S/C20H26FN3O5/c1-3-28-20(29-4-2)16-11-15(25)12-17(20)23-19(18(16)24(26)27)22-10-9-13-5-7-14(21)8-6-13/h5-8,16-17,22-23H,3-4,9-12H2,1-2H3. The summed E-state index contributed by atoms with van der Waals surface area (Å²) in [6.07, 6.45) is 0.731. The Bertz CT molecular complexity index is 790. The summed E-state index contributed by atoms with van der Waals surface area (Å²) in [5.74, 6) is -2.14. The van der Waals surface area contributed by atoms with Crippen LogP contribution in [0.25, 0.3) is 0 Å². The van der Waals surface area contributed by atoms with Crippen LogP contribution in [0.1, 0.15) is 32.3 Å². The summed E-state index contributed by atoms with van der Waals surface area (Å²) < 4.78 is 24.8. The molecule has 0 radical (unpaired) electrons. The monoisotopic (exact) mass is 407 g/mol. The molecule has 0 spiro atoms. The number of carbonyl (C=O) groups is 1. The van der Waals surface area contributed by atoms with Crippen LogP contribution < -0.4 is 10.6 Å². The first-order chi connectivity index (χ1) is 13.9. The number of nitrogens with one attached hydrogen (secondary N) is 2. The Morgan fingerprint density at radius 3 is 2.48 bits per heavy atom. The molecule has 29 heavy (non-hydrogen) atoms. The Balaban J connectivity index is 1.86. The lowest BCUT2D eigenvalue weighted by molar-refractivity contribution is -0.452. The maximum atomic E-state index is 13.0. The SMILES string of the molecule is CCOC1(OCC)C2CC(=O)CC1C([N+](=O)[O-])=C(NCCc1ccc(F)cc1)N2. The molecule has 1 saturated carbocycles. The van der Waals surface area contributed by atoms with E-state index in [0.29, 0.717) is 26.2 Å². The lowest BCUT2D eigenvalue weighted by atomic mass is 9.74. The molecule has 0 aromatic heterocycles. The van der Waals surface area contributed by atoms with Gasteiger partial charge in [-0.3, -0.25) is 14.9 Å². The average Bonchev–Trinajstić information content (AvgIpc) is 2.65. The van der Waals surface area contributed by atoms with Gasteiger partial charge in [-0.05, 0) is 38.0 Å². The molecule has 1 aromatic carbocycles. The molecule has 158 valence electrons. The van der Waals surface area contributed by atoms with Crippen LogP contribution in [0.5, 0.6) is 0 Å². The van der Waals surface area contributed by atoms with Gasteiger partial charge >= 0.3 is 0 Å². The largest absolute Gasteiger partial charge is 0.366 e. The average molecular weight is 407 g/mol. The van der Waals surface area contributed by atoms with E-state index < -0.39 is 22.7 Å². The molecule has 9 heteroatoms. The van der Waals surface area contributed by atoms with E-state index in [-0.39, 0.29) is 36.0 Å². The maximum Gasteiger partial charge on any atom is 0.294 e. The van der Waals surface area contributed by atoms with Crippen LogP contribution in [0.2, 0.25) is 0 Å². The molecule has 1 heterocycles. The van der Waals surface area contributed by atoms with Crippen LogP contribution in [-0.2, 0) is 20.7 Å². The van der Waals surface area contributed by atoms with Gasteiger partial charge in [0.25, 0.3) is 5.70 Å². The van der Waals surface area contributed by atoms with Crippen molar-refractivity contribution in [2.24, 2.45) is 5.92 Å². The number of ether oxygens (including phenoxy) is 2. The van der Waals surface area contributed by atoms with E-state index in [1.54, 1.807) is 26.0 Å². The van der Waals surface area contributed by atoms with E-state index in [0.717, 1.165) is 5.56 Å². The molecule has 2 bridgehead atoms. The van der Waals surface area contributed by atoms with Crippen LogP contribution >= 0.6 is 0 Å². The summed E-state index contributed by atoms with van der Waals surface area (Å²) in [5, 5.41) is 18.1. The van der Waals surface area contributed by atoms with Crippen molar-refractivity contribution < 1.29 is 23.6 Å². The molecule has 2 unspecified atom stereocenters. The van der Waals surface area contributed by atoms with E-state index in [4.69, 9.17) is 9.47 Å². The zero-order valence-corrected chi connectivity index (χ0v) is 16.6. The second kappa shape index (κ2) is 8.87. The zero-order chi connectivity index (χ0) is 21.0. The summed E-state index contributed by atoms with van der Waals surface area (Å²) in [4.78, 5) is 23.7. The highest BCUT2D eigenvalue weighted by Gasteiger charge is 2.61. The fourth-order valence-electron chi connectivity index (χ4n) is 4.17. The molecule has 1 aliphatic heterocycles. The van der Waals surface area contributed by atoms with Gasteiger partial charge in [0.05, 0.1) is 11.0 Å². The number of nitrogens with zero attached hydrogens (tertiary/aromatic N) is 1. The van der Waals surface area contributed by atoms with E-state index in [1.165, 1.54) is 12.1 Å². The molecular weight excluding hydrogens is 381 g/mol. The third kappa shape index (κ3) is 4.25. The van der Waals surface area contributed by atoms with Gasteiger partial charge in [0.15, 0.2) is 5.82 Å². The van der Waals surface area contributed by atoms with Gasteiger partial charge < -0.3 is 20.1 Å². The first-order valence-electron chi connectivity index (χ1n) is 9.84. The molecule has 0 amide bonds. The van der Waals surface area contributed by atoms with E-state index in [9.17, 15) is 19.3 Å². The molecule has 1 aliphatic carbocycles. The number of nitro groups is 1. The van der Waals surface area contributed by atoms with Crippen LogP contribution in [0.4, 0.5) is 4.39 Å². The Morgan fingerprint density at radius 1 is 1.24 bits per heavy atom. The van der Waals surface area contributed by atoms with Crippen molar-refractivity contribution >= 4 is 5.78 Å². The van der Waals surface area contributed by atoms with Crippen molar-refractivity contribution in [1.82, 2.24) is 10.6 Å². The summed E-state index contributed by atoms with van der Waals surface area (Å²) in [6.45, 7) is 4.62. The van der Waals surface area contributed by atoms with E-state index in [1.807, 2.05) is 0 Å². The van der Waals surface area contributed by atoms with Crippen LogP contribution in [0.15, 0.2) is 35.8 Å². The minimum Gasteiger partial charge on any atom is -0.366 e. The van der Waals surface area contributed by atoms with Crippen molar-refractivity contribution in [3.8, 4) is 0 Å². The normalized spacial score (nSPS) is 22.9. The summed E-state index contributed by atoms with van der Waals surface area (Å²) >= 11 is 0. The van der Waals surface area contributed by atoms with Gasteiger partial charge in [0, 0.05) is 32.6 Å². The highest BCUT2D eigenvalue weighted by atomic mass is 19.1. The molecule has 1 aromatic rings. The fourth-order valence-corrected chi connectivity index (χ4v) is 4.17. The number of hydrogen-bond donors (Lipinski definition) is 2. The molecular formula is C20H26FN3O5. The first kappa shape index (κ1) is 21.2. The number of ketones is 1. The topological polar surface area (TPSA) is 103 Å². The summed E-state index contributed by atoms with van der Waals surface area (Å²) in [5.41, 5.74) is 0.779. The number of halogens is 1. The van der Waals surface area contributed by atoms with Crippen LogP contribution in [0, 0.1) is 21.8 Å². The molecule has 2 N–H and O–H groups in total. The van der Waals surface area contributed by atoms with E-state index in [2.05, 4.69) is 10.6 Å². The number of benzene rings is 1. The minimum atomic E-state index is -1.25. The van der Waals surface area contributed by atoms with Gasteiger partial charge in [0.1, 0.15) is 17.5 Å². The number of rotatable bonds is 9. The summed E-state index contributed by atoms with van der Waals surface area (Å²) in [6, 6.07) is 5.59. The van der Waals surface area contributed by atoms with Crippen molar-refractivity contribution in [3.05, 3.63) is 57.3 Å². The van der Waals surface area contributed by atoms with Crippen molar-refractivity contribution in [1.29, 1.82) is 0 Å². The molecule has 3 rings (SSSR count). The van der Waals surface area contributed by atoms with Crippen molar-refractivity contribution in [2.45, 2.75) is 44.9 Å². The van der Waals surface area contributed by atoms with Gasteiger partial charge in [-0.1, -0.05) is 12.1 Å². The third-order valence-corrected chi connectivity index (χ3v) is 5.31. The Morgan fingerprint density at radius 2 is 1.90 bits per heavy atom. The van der Waals surface area contributed by atoms with Crippen molar-refractivity contribution in [3.63, 3.8) is 0 Å².